The summed E-state index contributed by atoms with van der Waals surface area (Å²) < 4.78 is 0. The van der Waals surface area contributed by atoms with Gasteiger partial charge < -0.3 is 0 Å². The number of hydrogen-bond donors (Lipinski definition) is 1. The van der Waals surface area contributed by atoms with E-state index in [-0.39, 0.29) is 0 Å². The van der Waals surface area contributed by atoms with Gasteiger partial charge in [-0.05, 0) is 0 Å². The van der Waals surface area contributed by atoms with Gasteiger partial charge in [0, 0.05) is 0 Å². The molecule has 0 saturated carbocycles. The van der Waals surface area contributed by atoms with Crippen LogP contribution >= 0.6 is 0 Å². The van der Waals surface area contributed by atoms with E-state index in [1.54, 1.807) is 5.53 Å². The Morgan fingerprint density at radius 1 is 1.80 bits per heavy atom. The molecule has 0 aliphatic rings. The van der Waals surface area contributed by atoms with Gasteiger partial charge in [0.05, 0.1) is 0 Å². The Bertz CT molecular complexity index is 68.8. The van der Waals surface area contributed by atoms with E-state index in [0.29, 0.717) is 0 Å². The summed E-state index contributed by atoms with van der Waals surface area (Å²) in [6.07, 6.45) is 0. The van der Waals surface area contributed by atoms with Gasteiger partial charge in [0.1, 0.15) is 0 Å². The number of nitrogens with one attached hydrogen (secondary N) is 1. The lowest BCUT2D eigenvalue weighted by atomic mass is 11.8. The SMILES string of the molecule is [C-]#[N+]N[N+]#N. The summed E-state index contributed by atoms with van der Waals surface area (Å²) in [5.41, 5.74) is 1.58. The van der Waals surface area contributed by atoms with Crippen LogP contribution in [-0.2, 0) is 0 Å². The van der Waals surface area contributed by atoms with E-state index in [1.807, 2.05) is 0 Å². The summed E-state index contributed by atoms with van der Waals surface area (Å²) >= 11 is 0. The van der Waals surface area contributed by atoms with Gasteiger partial charge in [-0.25, -0.2) is 0 Å². The Morgan fingerprint density at radius 2 is 2.40 bits per heavy atom. The highest BCUT2D eigenvalue weighted by Gasteiger charge is 1.75. The van der Waals surface area contributed by atoms with Crippen molar-refractivity contribution in [3.63, 3.8) is 0 Å². The Morgan fingerprint density at radius 3 is 2.40 bits per heavy atom. The van der Waals surface area contributed by atoms with Gasteiger partial charge in [-0.15, -0.1) is 0 Å². The van der Waals surface area contributed by atoms with Gasteiger partial charge in [-0.3, -0.25) is 0 Å². The van der Waals surface area contributed by atoms with Crippen LogP contribution in [0.1, 0.15) is 0 Å². The third-order valence-corrected chi connectivity index (χ3v) is 0.0947. The number of rotatable bonds is 0. The van der Waals surface area contributed by atoms with E-state index in [0.717, 1.165) is 0 Å². The second-order valence-electron chi connectivity index (χ2n) is 0.312. The first-order valence-corrected chi connectivity index (χ1v) is 0.871. The number of nitrogens with zero attached hydrogens (tertiary/aromatic N) is 3. The van der Waals surface area contributed by atoms with Gasteiger partial charge in [-0.2, -0.15) is 6.57 Å². The summed E-state index contributed by atoms with van der Waals surface area (Å²) in [6.45, 7) is 5.86. The largest absolute Gasteiger partial charge is 0.377 e. The van der Waals surface area contributed by atoms with Crippen molar-refractivity contribution in [1.82, 2.24) is 5.53 Å². The molecule has 0 amide bonds. The first-order chi connectivity index (χ1) is 2.41. The molecule has 0 aromatic heterocycles. The number of diazo groups is 1. The molecule has 0 atom stereocenters. The molecule has 4 heteroatoms. The van der Waals surface area contributed by atoms with Gasteiger partial charge >= 0.3 is 5.08 Å². The van der Waals surface area contributed by atoms with Crippen LogP contribution in [-0.4, -0.2) is 0 Å². The summed E-state index contributed by atoms with van der Waals surface area (Å²) in [5, 5.41) is 9.62. The maximum atomic E-state index is 7.37. The molecule has 5 heavy (non-hydrogen) atoms. The molecule has 1 N–H and O–H groups in total. The lowest BCUT2D eigenvalue weighted by Crippen LogP contribution is -1.77. The normalized spacial score (nSPS) is 3.60. The molecule has 0 radical (unpaired) electrons. The average Bonchev–Trinajstić information content (AvgIpc) is 1.41. The first kappa shape index (κ1) is 3.71. The van der Waals surface area contributed by atoms with Crippen molar-refractivity contribution >= 4 is 0 Å². The zero-order valence-electron chi connectivity index (χ0n) is 2.34. The predicted octanol–water partition coefficient (Wildman–Crippen LogP) is 0.178. The molecule has 0 aliphatic carbocycles. The van der Waals surface area contributed by atoms with Crippen molar-refractivity contribution in [3.05, 3.63) is 16.6 Å². The molecule has 4 nitrogen and oxygen atoms in total. The quantitative estimate of drug-likeness (QED) is 0.250. The molecule has 0 aromatic rings. The highest BCUT2D eigenvalue weighted by Crippen LogP contribution is 1.45. The molecule has 0 spiro atoms. The Hall–Kier alpha value is -1.29. The van der Waals surface area contributed by atoms with Crippen LogP contribution in [0.15, 0.2) is 0 Å². The number of hydrogen-bond acceptors (Lipinski definition) is 2. The fourth-order valence-electron chi connectivity index (χ4n) is 0.0224. The van der Waals surface area contributed by atoms with Crippen molar-refractivity contribution in [3.8, 4) is 0 Å². The van der Waals surface area contributed by atoms with Gasteiger partial charge in [0.25, 0.3) is 10.9 Å². The summed E-state index contributed by atoms with van der Waals surface area (Å²) in [4.78, 5) is 2.44. The smallest absolute Gasteiger partial charge is 0.177 e. The van der Waals surface area contributed by atoms with Crippen LogP contribution in [0.5, 0.6) is 0 Å². The molecule has 0 saturated heterocycles. The topological polar surface area (TPSA) is 44.5 Å². The average molecular weight is 69.0 g/mol. The minimum absolute atomic E-state index is 1.58. The first-order valence-electron chi connectivity index (χ1n) is 0.871. The van der Waals surface area contributed by atoms with Crippen molar-refractivity contribution in [2.45, 2.75) is 0 Å². The third kappa shape index (κ3) is 2.71. The zero-order valence-corrected chi connectivity index (χ0v) is 2.34. The van der Waals surface area contributed by atoms with Crippen LogP contribution in [0.2, 0.25) is 0 Å². The minimum Gasteiger partial charge on any atom is -0.177 e. The molecular weight excluding hydrogens is 68.0 g/mol. The molecule has 0 rings (SSSR count). The molecule has 0 aliphatic heterocycles. The molecule has 0 fully saturated rings. The lowest BCUT2D eigenvalue weighted by molar-refractivity contribution is 1.11. The maximum Gasteiger partial charge on any atom is 0.377 e. The third-order valence-electron chi connectivity index (χ3n) is 0.0947. The molecular formula is CHN4+. The van der Waals surface area contributed by atoms with E-state index in [1.165, 1.54) is 0 Å². The van der Waals surface area contributed by atoms with Crippen LogP contribution < -0.4 is 5.53 Å². The Balaban J connectivity index is 2.86. The van der Waals surface area contributed by atoms with Crippen LogP contribution in [0.3, 0.4) is 0 Å². The van der Waals surface area contributed by atoms with E-state index in [9.17, 15) is 0 Å². The van der Waals surface area contributed by atoms with E-state index in [2.05, 4.69) is 10.0 Å². The van der Waals surface area contributed by atoms with E-state index in [4.69, 9.17) is 12.0 Å². The van der Waals surface area contributed by atoms with Gasteiger partial charge in [0.15, 0.2) is 0 Å². The zero-order chi connectivity index (χ0) is 4.12. The molecule has 0 bridgehead atoms. The summed E-state index contributed by atoms with van der Waals surface area (Å²) in [7, 11) is 0. The van der Waals surface area contributed by atoms with Crippen molar-refractivity contribution in [2.24, 2.45) is 0 Å². The van der Waals surface area contributed by atoms with Gasteiger partial charge in [-0.1, -0.05) is 4.95 Å². The monoisotopic (exact) mass is 69.0 g/mol. The predicted molar refractivity (Wildman–Crippen MR) is 14.8 cm³/mol. The second kappa shape index (κ2) is 2.71. The molecule has 0 unspecified atom stereocenters. The standard InChI is InChI=1S/CHN4/c1-3-5-4-2/h5H/q+1. The highest BCUT2D eigenvalue weighted by molar-refractivity contribution is 4.45. The summed E-state index contributed by atoms with van der Waals surface area (Å²) in [6, 6.07) is 0. The molecule has 0 aromatic carbocycles. The Labute approximate surface area is 28.8 Å². The highest BCUT2D eigenvalue weighted by atomic mass is 15.5. The van der Waals surface area contributed by atoms with E-state index >= 15 is 0 Å². The molecule has 24 valence electrons. The van der Waals surface area contributed by atoms with Gasteiger partial charge in [0.2, 0.25) is 0 Å². The Kier molecular flexibility index (Phi) is 2.01. The van der Waals surface area contributed by atoms with Crippen molar-refractivity contribution < 1.29 is 0 Å². The fraction of sp³-hybridized carbons (Fsp3) is 0. The van der Waals surface area contributed by atoms with Crippen molar-refractivity contribution in [2.75, 3.05) is 0 Å². The van der Waals surface area contributed by atoms with Crippen LogP contribution in [0, 0.1) is 12.0 Å². The van der Waals surface area contributed by atoms with Crippen LogP contribution in [0.25, 0.3) is 10.0 Å². The maximum absolute atomic E-state index is 7.37. The van der Waals surface area contributed by atoms with E-state index < -0.39 is 0 Å². The minimum atomic E-state index is 1.58. The lowest BCUT2D eigenvalue weighted by Gasteiger charge is -1.37. The fourth-order valence-corrected chi connectivity index (χ4v) is 0.0224. The van der Waals surface area contributed by atoms with Crippen LogP contribution in [0.4, 0.5) is 0 Å². The summed E-state index contributed by atoms with van der Waals surface area (Å²) in [5.74, 6) is 0. The molecule has 0 heterocycles. The van der Waals surface area contributed by atoms with Crippen molar-refractivity contribution in [1.29, 1.82) is 5.39 Å². The second-order valence-corrected chi connectivity index (χ2v) is 0.312.